The van der Waals surface area contributed by atoms with Crippen molar-refractivity contribution in [3.05, 3.63) is 48.3 Å². The van der Waals surface area contributed by atoms with Crippen LogP contribution in [-0.4, -0.2) is 45.8 Å². The maximum atomic E-state index is 11.9. The molecule has 3 rings (SSSR count). The van der Waals surface area contributed by atoms with Gasteiger partial charge in [0.1, 0.15) is 6.54 Å². The van der Waals surface area contributed by atoms with E-state index >= 15 is 0 Å². The van der Waals surface area contributed by atoms with Crippen LogP contribution in [0.4, 0.5) is 5.95 Å². The number of hydrogen-bond donors (Lipinski definition) is 1. The quantitative estimate of drug-likeness (QED) is 0.714. The van der Waals surface area contributed by atoms with Crippen LogP contribution in [0.2, 0.25) is 0 Å². The normalized spacial score (nSPS) is 10.9. The fraction of sp³-hybridized carbons (Fsp3) is 0.333. The maximum Gasteiger partial charge on any atom is 0.241 e. The van der Waals surface area contributed by atoms with Crippen molar-refractivity contribution in [1.29, 1.82) is 0 Å². The monoisotopic (exact) mass is 378 g/mol. The van der Waals surface area contributed by atoms with Gasteiger partial charge in [-0.15, -0.1) is 0 Å². The number of nitrogens with zero attached hydrogens (tertiary/aromatic N) is 5. The summed E-state index contributed by atoms with van der Waals surface area (Å²) in [4.78, 5) is 22.9. The predicted octanol–water partition coefficient (Wildman–Crippen LogP) is 2.91. The van der Waals surface area contributed by atoms with Crippen LogP contribution in [0.1, 0.15) is 19.5 Å². The Morgan fingerprint density at radius 3 is 2.50 bits per heavy atom. The lowest BCUT2D eigenvalue weighted by Crippen LogP contribution is -2.33. The van der Waals surface area contributed by atoms with Gasteiger partial charge in [-0.1, -0.05) is 18.2 Å². The van der Waals surface area contributed by atoms with Gasteiger partial charge < -0.3 is 10.2 Å². The molecule has 28 heavy (non-hydrogen) atoms. The van der Waals surface area contributed by atoms with Gasteiger partial charge in [0.05, 0.1) is 11.4 Å². The van der Waals surface area contributed by atoms with E-state index in [0.29, 0.717) is 5.95 Å². The standard InChI is InChI=1S/C21H26N6O/c1-14(2)22-20(28)13-27-10-9-18(25-27)16-7-6-8-17(12-16)19-11-15(3)23-21(24-19)26(4)5/h6-12,14H,13H2,1-5H3,(H,22,28). The molecule has 0 atom stereocenters. The molecule has 0 saturated carbocycles. The third-order valence-corrected chi connectivity index (χ3v) is 4.09. The van der Waals surface area contributed by atoms with E-state index in [1.807, 2.05) is 76.3 Å². The van der Waals surface area contributed by atoms with Gasteiger partial charge in [-0.05, 0) is 39.0 Å². The van der Waals surface area contributed by atoms with Crippen LogP contribution < -0.4 is 10.2 Å². The molecule has 0 fully saturated rings. The minimum absolute atomic E-state index is 0.0499. The lowest BCUT2D eigenvalue weighted by Gasteiger charge is -2.12. The van der Waals surface area contributed by atoms with Crippen molar-refractivity contribution < 1.29 is 4.79 Å². The number of benzene rings is 1. The number of carbonyl (C=O) groups is 1. The molecule has 7 nitrogen and oxygen atoms in total. The molecule has 0 unspecified atom stereocenters. The van der Waals surface area contributed by atoms with Crippen molar-refractivity contribution >= 4 is 11.9 Å². The molecule has 2 heterocycles. The Hall–Kier alpha value is -3.22. The Morgan fingerprint density at radius 1 is 1.11 bits per heavy atom. The Kier molecular flexibility index (Phi) is 5.73. The summed E-state index contributed by atoms with van der Waals surface area (Å²) < 4.78 is 1.65. The third-order valence-electron chi connectivity index (χ3n) is 4.09. The molecular weight excluding hydrogens is 352 g/mol. The topological polar surface area (TPSA) is 75.9 Å². The van der Waals surface area contributed by atoms with Crippen molar-refractivity contribution in [1.82, 2.24) is 25.1 Å². The molecule has 146 valence electrons. The van der Waals surface area contributed by atoms with Crippen LogP contribution in [-0.2, 0) is 11.3 Å². The summed E-state index contributed by atoms with van der Waals surface area (Å²) in [5.41, 5.74) is 4.58. The summed E-state index contributed by atoms with van der Waals surface area (Å²) in [6.45, 7) is 6.05. The fourth-order valence-electron chi connectivity index (χ4n) is 2.86. The second-order valence-electron chi connectivity index (χ2n) is 7.29. The zero-order chi connectivity index (χ0) is 20.3. The first-order valence-corrected chi connectivity index (χ1v) is 9.28. The number of aryl methyl sites for hydroxylation is 1. The van der Waals surface area contributed by atoms with Gasteiger partial charge in [-0.2, -0.15) is 5.10 Å². The Morgan fingerprint density at radius 2 is 1.82 bits per heavy atom. The highest BCUT2D eigenvalue weighted by molar-refractivity contribution is 5.76. The highest BCUT2D eigenvalue weighted by Crippen LogP contribution is 2.25. The van der Waals surface area contributed by atoms with Gasteiger partial charge >= 0.3 is 0 Å². The van der Waals surface area contributed by atoms with E-state index in [9.17, 15) is 4.79 Å². The molecule has 1 N–H and O–H groups in total. The van der Waals surface area contributed by atoms with Gasteiger partial charge in [-0.25, -0.2) is 9.97 Å². The molecule has 0 spiro atoms. The predicted molar refractivity (Wildman–Crippen MR) is 111 cm³/mol. The summed E-state index contributed by atoms with van der Waals surface area (Å²) in [6.07, 6.45) is 1.82. The molecule has 0 bridgehead atoms. The van der Waals surface area contributed by atoms with Crippen molar-refractivity contribution in [2.45, 2.75) is 33.4 Å². The summed E-state index contributed by atoms with van der Waals surface area (Å²) in [6, 6.07) is 12.1. The number of hydrogen-bond acceptors (Lipinski definition) is 5. The molecule has 0 aliphatic rings. The first-order valence-electron chi connectivity index (χ1n) is 9.28. The molecular formula is C21H26N6O. The van der Waals surface area contributed by atoms with E-state index in [1.165, 1.54) is 0 Å². The van der Waals surface area contributed by atoms with Crippen LogP contribution in [0.5, 0.6) is 0 Å². The number of aromatic nitrogens is 4. The zero-order valence-corrected chi connectivity index (χ0v) is 17.0. The van der Waals surface area contributed by atoms with Crippen molar-refractivity contribution in [3.63, 3.8) is 0 Å². The highest BCUT2D eigenvalue weighted by Gasteiger charge is 2.10. The molecule has 2 aromatic heterocycles. The average molecular weight is 378 g/mol. The summed E-state index contributed by atoms with van der Waals surface area (Å²) in [7, 11) is 3.86. The van der Waals surface area contributed by atoms with E-state index < -0.39 is 0 Å². The lowest BCUT2D eigenvalue weighted by molar-refractivity contribution is -0.122. The molecule has 7 heteroatoms. The summed E-state index contributed by atoms with van der Waals surface area (Å²) in [5.74, 6) is 0.631. The van der Waals surface area contributed by atoms with Crippen molar-refractivity contribution in [2.75, 3.05) is 19.0 Å². The van der Waals surface area contributed by atoms with Gasteiger partial charge in [0, 0.05) is 43.2 Å². The second kappa shape index (κ2) is 8.21. The van der Waals surface area contributed by atoms with Crippen LogP contribution in [0, 0.1) is 6.92 Å². The Labute approximate surface area is 165 Å². The third kappa shape index (κ3) is 4.73. The van der Waals surface area contributed by atoms with Crippen LogP contribution >= 0.6 is 0 Å². The number of rotatable bonds is 6. The van der Waals surface area contributed by atoms with Crippen LogP contribution in [0.25, 0.3) is 22.5 Å². The molecule has 0 radical (unpaired) electrons. The van der Waals surface area contributed by atoms with Gasteiger partial charge in [0.25, 0.3) is 0 Å². The SMILES string of the molecule is Cc1cc(-c2cccc(-c3ccn(CC(=O)NC(C)C)n3)c2)nc(N(C)C)n1. The van der Waals surface area contributed by atoms with E-state index in [1.54, 1.807) is 4.68 Å². The van der Waals surface area contributed by atoms with Crippen LogP contribution in [0.3, 0.4) is 0 Å². The number of amides is 1. The Bertz CT molecular complexity index is 977. The first kappa shape index (κ1) is 19.5. The molecule has 0 aliphatic heterocycles. The van der Waals surface area contributed by atoms with E-state index in [2.05, 4.69) is 26.4 Å². The fourth-order valence-corrected chi connectivity index (χ4v) is 2.86. The second-order valence-corrected chi connectivity index (χ2v) is 7.29. The van der Waals surface area contributed by atoms with Crippen LogP contribution in [0.15, 0.2) is 42.6 Å². The highest BCUT2D eigenvalue weighted by atomic mass is 16.2. The molecule has 0 saturated heterocycles. The van der Waals surface area contributed by atoms with E-state index in [-0.39, 0.29) is 18.5 Å². The minimum atomic E-state index is -0.0499. The molecule has 1 aromatic carbocycles. The maximum absolute atomic E-state index is 11.9. The number of nitrogens with one attached hydrogen (secondary N) is 1. The van der Waals surface area contributed by atoms with Gasteiger partial charge in [0.2, 0.25) is 11.9 Å². The lowest BCUT2D eigenvalue weighted by atomic mass is 10.1. The largest absolute Gasteiger partial charge is 0.352 e. The molecule has 0 aliphatic carbocycles. The molecule has 1 amide bonds. The number of anilines is 1. The summed E-state index contributed by atoms with van der Waals surface area (Å²) >= 11 is 0. The Balaban J connectivity index is 1.86. The van der Waals surface area contributed by atoms with Crippen molar-refractivity contribution in [3.8, 4) is 22.5 Å². The van der Waals surface area contributed by atoms with Gasteiger partial charge in [-0.3, -0.25) is 9.48 Å². The zero-order valence-electron chi connectivity index (χ0n) is 17.0. The van der Waals surface area contributed by atoms with Crippen molar-refractivity contribution in [2.24, 2.45) is 0 Å². The smallest absolute Gasteiger partial charge is 0.241 e. The molecule has 3 aromatic rings. The minimum Gasteiger partial charge on any atom is -0.352 e. The van der Waals surface area contributed by atoms with Gasteiger partial charge in [0.15, 0.2) is 0 Å². The van der Waals surface area contributed by atoms with E-state index in [0.717, 1.165) is 28.2 Å². The van der Waals surface area contributed by atoms with E-state index in [4.69, 9.17) is 0 Å². The summed E-state index contributed by atoms with van der Waals surface area (Å²) in [5, 5.41) is 7.41. The first-order chi connectivity index (χ1) is 13.3. The number of carbonyl (C=O) groups excluding carboxylic acids is 1. The average Bonchev–Trinajstić information content (AvgIpc) is 3.09.